The molecule has 2 aromatic rings. The second-order valence-corrected chi connectivity index (χ2v) is 4.77. The first-order valence-electron chi connectivity index (χ1n) is 5.24. The molecular weight excluding hydrogens is 257 g/mol. The lowest BCUT2D eigenvalue weighted by Crippen LogP contribution is -2.17. The van der Waals surface area contributed by atoms with Gasteiger partial charge in [0.2, 0.25) is 0 Å². The predicted octanol–water partition coefficient (Wildman–Crippen LogP) is 2.97. The Bertz CT molecular complexity index is 522. The van der Waals surface area contributed by atoms with Crippen LogP contribution in [-0.4, -0.2) is 9.55 Å². The summed E-state index contributed by atoms with van der Waals surface area (Å²) < 4.78 is 1.92. The van der Waals surface area contributed by atoms with E-state index in [0.717, 1.165) is 11.4 Å². The van der Waals surface area contributed by atoms with Gasteiger partial charge >= 0.3 is 0 Å². The molecule has 0 spiro atoms. The van der Waals surface area contributed by atoms with Gasteiger partial charge in [0.05, 0.1) is 16.1 Å². The van der Waals surface area contributed by atoms with Crippen molar-refractivity contribution in [3.8, 4) is 0 Å². The standard InChI is InChI=1S/C12H13Cl2N3/c1-17-5-4-16-12(17)11(15)7-8-2-3-9(13)10(14)6-8/h2-6,11H,7,15H2,1H3. The van der Waals surface area contributed by atoms with E-state index in [1.165, 1.54) is 0 Å². The minimum Gasteiger partial charge on any atom is -0.337 e. The van der Waals surface area contributed by atoms with Crippen molar-refractivity contribution < 1.29 is 0 Å². The van der Waals surface area contributed by atoms with Gasteiger partial charge in [-0.05, 0) is 24.1 Å². The van der Waals surface area contributed by atoms with Gasteiger partial charge in [0, 0.05) is 19.4 Å². The molecule has 0 amide bonds. The molecule has 0 aliphatic heterocycles. The fraction of sp³-hybridized carbons (Fsp3) is 0.250. The third-order valence-electron chi connectivity index (χ3n) is 2.63. The summed E-state index contributed by atoms with van der Waals surface area (Å²) in [5.74, 6) is 0.857. The van der Waals surface area contributed by atoms with E-state index in [1.54, 1.807) is 12.3 Å². The van der Waals surface area contributed by atoms with Gasteiger partial charge < -0.3 is 10.3 Å². The zero-order chi connectivity index (χ0) is 12.4. The maximum absolute atomic E-state index is 6.10. The Morgan fingerprint density at radius 3 is 2.71 bits per heavy atom. The van der Waals surface area contributed by atoms with Crippen molar-refractivity contribution in [2.75, 3.05) is 0 Å². The van der Waals surface area contributed by atoms with Gasteiger partial charge in [0.1, 0.15) is 5.82 Å². The highest BCUT2D eigenvalue weighted by atomic mass is 35.5. The summed E-state index contributed by atoms with van der Waals surface area (Å²) in [5, 5.41) is 1.11. The third kappa shape index (κ3) is 2.80. The summed E-state index contributed by atoms with van der Waals surface area (Å²) in [6.07, 6.45) is 4.30. The van der Waals surface area contributed by atoms with Crippen LogP contribution in [0.25, 0.3) is 0 Å². The SMILES string of the molecule is Cn1ccnc1C(N)Cc1ccc(Cl)c(Cl)c1. The fourth-order valence-electron chi connectivity index (χ4n) is 1.75. The number of nitrogens with two attached hydrogens (primary N) is 1. The van der Waals surface area contributed by atoms with Crippen LogP contribution in [0.3, 0.4) is 0 Å². The highest BCUT2D eigenvalue weighted by molar-refractivity contribution is 6.42. The molecule has 0 saturated heterocycles. The van der Waals surface area contributed by atoms with Crippen LogP contribution in [0.1, 0.15) is 17.4 Å². The topological polar surface area (TPSA) is 43.8 Å². The average Bonchev–Trinajstić information content (AvgIpc) is 2.70. The number of hydrogen-bond acceptors (Lipinski definition) is 2. The van der Waals surface area contributed by atoms with Crippen LogP contribution in [0.2, 0.25) is 10.0 Å². The van der Waals surface area contributed by atoms with E-state index < -0.39 is 0 Å². The molecule has 0 radical (unpaired) electrons. The summed E-state index contributed by atoms with van der Waals surface area (Å²) in [7, 11) is 1.93. The Morgan fingerprint density at radius 2 is 2.12 bits per heavy atom. The van der Waals surface area contributed by atoms with Crippen LogP contribution in [0.5, 0.6) is 0 Å². The van der Waals surface area contributed by atoms with Crippen molar-refractivity contribution in [3.05, 3.63) is 52.0 Å². The summed E-state index contributed by atoms with van der Waals surface area (Å²) in [5.41, 5.74) is 7.15. The first-order valence-corrected chi connectivity index (χ1v) is 6.00. The van der Waals surface area contributed by atoms with Gasteiger partial charge in [-0.15, -0.1) is 0 Å². The first-order chi connectivity index (χ1) is 8.08. The largest absolute Gasteiger partial charge is 0.337 e. The van der Waals surface area contributed by atoms with Gasteiger partial charge in [0.15, 0.2) is 0 Å². The molecule has 1 heterocycles. The predicted molar refractivity (Wildman–Crippen MR) is 70.3 cm³/mol. The molecule has 2 N–H and O–H groups in total. The van der Waals surface area contributed by atoms with E-state index in [0.29, 0.717) is 16.5 Å². The lowest BCUT2D eigenvalue weighted by Gasteiger charge is -2.12. The maximum atomic E-state index is 6.10. The van der Waals surface area contributed by atoms with Crippen LogP contribution < -0.4 is 5.73 Å². The Hall–Kier alpha value is -1.03. The van der Waals surface area contributed by atoms with Crippen LogP contribution >= 0.6 is 23.2 Å². The maximum Gasteiger partial charge on any atom is 0.125 e. The van der Waals surface area contributed by atoms with Crippen molar-refractivity contribution >= 4 is 23.2 Å². The third-order valence-corrected chi connectivity index (χ3v) is 3.37. The van der Waals surface area contributed by atoms with Crippen molar-refractivity contribution in [2.45, 2.75) is 12.5 Å². The second kappa shape index (κ2) is 5.08. The van der Waals surface area contributed by atoms with Crippen LogP contribution in [0.4, 0.5) is 0 Å². The van der Waals surface area contributed by atoms with Crippen LogP contribution in [-0.2, 0) is 13.5 Å². The highest BCUT2D eigenvalue weighted by Crippen LogP contribution is 2.24. The summed E-state index contributed by atoms with van der Waals surface area (Å²) in [6.45, 7) is 0. The van der Waals surface area contributed by atoms with Gasteiger partial charge in [-0.25, -0.2) is 4.98 Å². The Kier molecular flexibility index (Phi) is 3.72. The normalized spacial score (nSPS) is 12.7. The second-order valence-electron chi connectivity index (χ2n) is 3.96. The zero-order valence-corrected chi connectivity index (χ0v) is 10.9. The van der Waals surface area contributed by atoms with Gasteiger partial charge in [-0.3, -0.25) is 0 Å². The number of rotatable bonds is 3. The molecule has 0 aliphatic rings. The van der Waals surface area contributed by atoms with Gasteiger partial charge in [-0.1, -0.05) is 29.3 Å². The van der Waals surface area contributed by atoms with Crippen LogP contribution in [0, 0.1) is 0 Å². The molecular formula is C12H13Cl2N3. The minimum absolute atomic E-state index is 0.146. The molecule has 1 atom stereocenters. The molecule has 3 nitrogen and oxygen atoms in total. The molecule has 0 saturated carbocycles. The van der Waals surface area contributed by atoms with E-state index in [1.807, 2.05) is 29.9 Å². The molecule has 1 unspecified atom stereocenters. The minimum atomic E-state index is -0.146. The van der Waals surface area contributed by atoms with E-state index in [9.17, 15) is 0 Å². The van der Waals surface area contributed by atoms with E-state index in [4.69, 9.17) is 28.9 Å². The van der Waals surface area contributed by atoms with Crippen molar-refractivity contribution in [1.29, 1.82) is 0 Å². The fourth-order valence-corrected chi connectivity index (χ4v) is 2.07. The van der Waals surface area contributed by atoms with Crippen molar-refractivity contribution in [2.24, 2.45) is 12.8 Å². The zero-order valence-electron chi connectivity index (χ0n) is 9.40. The van der Waals surface area contributed by atoms with Crippen LogP contribution in [0.15, 0.2) is 30.6 Å². The molecule has 2 rings (SSSR count). The number of benzene rings is 1. The van der Waals surface area contributed by atoms with E-state index in [-0.39, 0.29) is 6.04 Å². The summed E-state index contributed by atoms with van der Waals surface area (Å²) in [4.78, 5) is 4.23. The quantitative estimate of drug-likeness (QED) is 0.931. The summed E-state index contributed by atoms with van der Waals surface area (Å²) >= 11 is 11.8. The lowest BCUT2D eigenvalue weighted by molar-refractivity contribution is 0.632. The molecule has 17 heavy (non-hydrogen) atoms. The first kappa shape index (κ1) is 12.4. The molecule has 1 aromatic carbocycles. The molecule has 0 aliphatic carbocycles. The number of halogens is 2. The molecule has 0 fully saturated rings. The van der Waals surface area contributed by atoms with Gasteiger partial charge in [-0.2, -0.15) is 0 Å². The van der Waals surface area contributed by atoms with Gasteiger partial charge in [0.25, 0.3) is 0 Å². The summed E-state index contributed by atoms with van der Waals surface area (Å²) in [6, 6.07) is 5.40. The molecule has 0 bridgehead atoms. The smallest absolute Gasteiger partial charge is 0.125 e. The number of aryl methyl sites for hydroxylation is 1. The van der Waals surface area contributed by atoms with E-state index in [2.05, 4.69) is 4.98 Å². The number of hydrogen-bond donors (Lipinski definition) is 1. The number of imidazole rings is 1. The van der Waals surface area contributed by atoms with Crippen molar-refractivity contribution in [3.63, 3.8) is 0 Å². The number of aromatic nitrogens is 2. The van der Waals surface area contributed by atoms with E-state index >= 15 is 0 Å². The van der Waals surface area contributed by atoms with Crippen molar-refractivity contribution in [1.82, 2.24) is 9.55 Å². The molecule has 1 aromatic heterocycles. The molecule has 90 valence electrons. The Morgan fingerprint density at radius 1 is 1.35 bits per heavy atom. The highest BCUT2D eigenvalue weighted by Gasteiger charge is 2.12. The average molecular weight is 270 g/mol. The number of nitrogens with zero attached hydrogens (tertiary/aromatic N) is 2. The monoisotopic (exact) mass is 269 g/mol. The Labute approximate surface area is 110 Å². The molecule has 5 heteroatoms. The lowest BCUT2D eigenvalue weighted by atomic mass is 10.1. The Balaban J connectivity index is 2.16.